The number of aryl methyl sites for hydroxylation is 1. The molecule has 3 aromatic carbocycles. The van der Waals surface area contributed by atoms with E-state index in [9.17, 15) is 16.8 Å². The average Bonchev–Trinajstić information content (AvgIpc) is 3.18. The first-order valence-electron chi connectivity index (χ1n) is 11.0. The number of nitrogens with zero attached hydrogens (tertiary/aromatic N) is 3. The molecule has 0 amide bonds. The van der Waals surface area contributed by atoms with Crippen molar-refractivity contribution in [1.29, 1.82) is 0 Å². The first kappa shape index (κ1) is 24.4. The van der Waals surface area contributed by atoms with Crippen molar-refractivity contribution in [2.75, 3.05) is 25.5 Å². The molecular weight excluding hydrogens is 470 g/mol. The molecular formula is C25H29N3O4S2. The molecule has 0 aromatic heterocycles. The average molecular weight is 500 g/mol. The SMILES string of the molecule is Cc1ccc(S(=O)(=O)N2C[C@H](C)N(S(=O)(=O)c3ccccc3)[C@H]2c2ccc(N(C)C)cc2)cc1. The maximum absolute atomic E-state index is 13.8. The molecule has 34 heavy (non-hydrogen) atoms. The van der Waals surface area contributed by atoms with Crippen molar-refractivity contribution in [2.24, 2.45) is 0 Å². The minimum atomic E-state index is -3.98. The number of rotatable bonds is 6. The molecule has 1 saturated heterocycles. The Balaban J connectivity index is 1.87. The Bertz CT molecular complexity index is 1360. The summed E-state index contributed by atoms with van der Waals surface area (Å²) in [6.45, 7) is 3.67. The van der Waals surface area contributed by atoms with Crippen LogP contribution in [0.2, 0.25) is 0 Å². The second kappa shape index (κ2) is 9.14. The van der Waals surface area contributed by atoms with E-state index >= 15 is 0 Å². The zero-order valence-electron chi connectivity index (χ0n) is 19.7. The van der Waals surface area contributed by atoms with Gasteiger partial charge in [0.25, 0.3) is 0 Å². The highest BCUT2D eigenvalue weighted by molar-refractivity contribution is 7.90. The summed E-state index contributed by atoms with van der Waals surface area (Å²) in [5.41, 5.74) is 2.46. The minimum Gasteiger partial charge on any atom is -0.378 e. The molecule has 1 aliphatic heterocycles. The van der Waals surface area contributed by atoms with Gasteiger partial charge in [-0.1, -0.05) is 48.0 Å². The predicted molar refractivity (Wildman–Crippen MR) is 134 cm³/mol. The largest absolute Gasteiger partial charge is 0.378 e. The number of anilines is 1. The summed E-state index contributed by atoms with van der Waals surface area (Å²) in [6, 6.07) is 21.5. The predicted octanol–water partition coefficient (Wildman–Crippen LogP) is 3.84. The van der Waals surface area contributed by atoms with E-state index < -0.39 is 32.3 Å². The summed E-state index contributed by atoms with van der Waals surface area (Å²) in [6.07, 6.45) is -1.01. The van der Waals surface area contributed by atoms with E-state index in [0.717, 1.165) is 11.3 Å². The topological polar surface area (TPSA) is 78.0 Å². The Morgan fingerprint density at radius 2 is 1.32 bits per heavy atom. The smallest absolute Gasteiger partial charge is 0.245 e. The van der Waals surface area contributed by atoms with Crippen molar-refractivity contribution in [3.63, 3.8) is 0 Å². The van der Waals surface area contributed by atoms with Crippen LogP contribution in [0.1, 0.15) is 24.2 Å². The van der Waals surface area contributed by atoms with Crippen molar-refractivity contribution < 1.29 is 16.8 Å². The fourth-order valence-electron chi connectivity index (χ4n) is 4.22. The third kappa shape index (κ3) is 4.36. The monoisotopic (exact) mass is 499 g/mol. The lowest BCUT2D eigenvalue weighted by Gasteiger charge is -2.31. The first-order valence-corrected chi connectivity index (χ1v) is 13.9. The van der Waals surface area contributed by atoms with Gasteiger partial charge in [0, 0.05) is 32.4 Å². The Kier molecular flexibility index (Phi) is 6.56. The number of hydrogen-bond donors (Lipinski definition) is 0. The molecule has 180 valence electrons. The molecule has 0 bridgehead atoms. The molecule has 0 radical (unpaired) electrons. The Labute approximate surface area is 202 Å². The number of benzene rings is 3. The lowest BCUT2D eigenvalue weighted by molar-refractivity contribution is 0.276. The minimum absolute atomic E-state index is 0.0440. The lowest BCUT2D eigenvalue weighted by Crippen LogP contribution is -2.39. The van der Waals surface area contributed by atoms with Gasteiger partial charge >= 0.3 is 0 Å². The van der Waals surface area contributed by atoms with Crippen molar-refractivity contribution in [1.82, 2.24) is 8.61 Å². The van der Waals surface area contributed by atoms with E-state index in [4.69, 9.17) is 0 Å². The normalized spacial score (nSPS) is 19.9. The van der Waals surface area contributed by atoms with Crippen LogP contribution >= 0.6 is 0 Å². The Hall–Kier alpha value is -2.72. The zero-order chi connectivity index (χ0) is 24.7. The van der Waals surface area contributed by atoms with Gasteiger partial charge < -0.3 is 4.90 Å². The van der Waals surface area contributed by atoms with Crippen molar-refractivity contribution in [2.45, 2.75) is 35.8 Å². The molecule has 0 aliphatic carbocycles. The van der Waals surface area contributed by atoms with Crippen LogP contribution in [0.3, 0.4) is 0 Å². The van der Waals surface area contributed by atoms with Gasteiger partial charge in [-0.25, -0.2) is 16.8 Å². The van der Waals surface area contributed by atoms with E-state index in [2.05, 4.69) is 0 Å². The molecule has 3 aromatic rings. The molecule has 0 unspecified atom stereocenters. The van der Waals surface area contributed by atoms with Crippen LogP contribution in [0.4, 0.5) is 5.69 Å². The van der Waals surface area contributed by atoms with E-state index in [1.54, 1.807) is 61.5 Å². The van der Waals surface area contributed by atoms with Crippen LogP contribution in [-0.4, -0.2) is 52.1 Å². The van der Waals surface area contributed by atoms with Crippen molar-refractivity contribution in [3.05, 3.63) is 90.0 Å². The van der Waals surface area contributed by atoms with Gasteiger partial charge in [0.05, 0.1) is 9.79 Å². The van der Waals surface area contributed by atoms with Gasteiger partial charge in [-0.3, -0.25) is 0 Å². The molecule has 4 rings (SSSR count). The molecule has 1 aliphatic rings. The van der Waals surface area contributed by atoms with E-state index in [0.29, 0.717) is 5.56 Å². The third-order valence-corrected chi connectivity index (χ3v) is 9.86. The standard InChI is InChI=1S/C25H29N3O4S2/c1-19-10-16-24(17-11-19)33(29,30)27-18-20(2)28(34(31,32)23-8-6-5-7-9-23)25(27)21-12-14-22(15-13-21)26(3)4/h5-17,20,25H,18H2,1-4H3/t20-,25-/m0/s1. The number of hydrogen-bond acceptors (Lipinski definition) is 5. The molecule has 2 atom stereocenters. The fraction of sp³-hybridized carbons (Fsp3) is 0.280. The molecule has 0 saturated carbocycles. The van der Waals surface area contributed by atoms with Gasteiger partial charge in [0.15, 0.2) is 0 Å². The van der Waals surface area contributed by atoms with Crippen LogP contribution < -0.4 is 4.90 Å². The summed E-state index contributed by atoms with van der Waals surface area (Å²) >= 11 is 0. The van der Waals surface area contributed by atoms with E-state index in [1.807, 2.05) is 38.1 Å². The molecule has 0 spiro atoms. The lowest BCUT2D eigenvalue weighted by atomic mass is 10.1. The first-order chi connectivity index (χ1) is 16.0. The van der Waals surface area contributed by atoms with Crippen molar-refractivity contribution in [3.8, 4) is 0 Å². The highest BCUT2D eigenvalue weighted by atomic mass is 32.2. The molecule has 9 heteroatoms. The van der Waals surface area contributed by atoms with Crippen molar-refractivity contribution >= 4 is 25.7 Å². The maximum Gasteiger partial charge on any atom is 0.245 e. The summed E-state index contributed by atoms with van der Waals surface area (Å²) in [5.74, 6) is 0. The summed E-state index contributed by atoms with van der Waals surface area (Å²) in [5, 5.41) is 0. The Morgan fingerprint density at radius 3 is 1.88 bits per heavy atom. The zero-order valence-corrected chi connectivity index (χ0v) is 21.3. The summed E-state index contributed by atoms with van der Waals surface area (Å²) < 4.78 is 57.6. The third-order valence-electron chi connectivity index (χ3n) is 6.05. The number of sulfonamides is 2. The fourth-order valence-corrected chi connectivity index (χ4v) is 7.72. The van der Waals surface area contributed by atoms with Crippen LogP contribution in [0.15, 0.2) is 88.7 Å². The van der Waals surface area contributed by atoms with E-state index in [1.165, 1.54) is 20.7 Å². The second-order valence-electron chi connectivity index (χ2n) is 8.74. The molecule has 1 heterocycles. The van der Waals surface area contributed by atoms with Gasteiger partial charge in [-0.05, 0) is 55.8 Å². The molecule has 0 N–H and O–H groups in total. The second-order valence-corrected chi connectivity index (χ2v) is 12.5. The summed E-state index contributed by atoms with van der Waals surface area (Å²) in [4.78, 5) is 2.20. The molecule has 7 nitrogen and oxygen atoms in total. The summed E-state index contributed by atoms with van der Waals surface area (Å²) in [7, 11) is -4.13. The van der Waals surface area contributed by atoms with Crippen LogP contribution in [0.5, 0.6) is 0 Å². The van der Waals surface area contributed by atoms with Gasteiger partial charge in [-0.15, -0.1) is 0 Å². The van der Waals surface area contributed by atoms with Crippen LogP contribution in [0.25, 0.3) is 0 Å². The quantitative estimate of drug-likeness (QED) is 0.515. The Morgan fingerprint density at radius 1 is 0.765 bits per heavy atom. The van der Waals surface area contributed by atoms with Gasteiger partial charge in [0.1, 0.15) is 6.17 Å². The van der Waals surface area contributed by atoms with Crippen LogP contribution in [-0.2, 0) is 20.0 Å². The van der Waals surface area contributed by atoms with Gasteiger partial charge in [0.2, 0.25) is 20.0 Å². The molecule has 1 fully saturated rings. The highest BCUT2D eigenvalue weighted by Crippen LogP contribution is 2.41. The van der Waals surface area contributed by atoms with E-state index in [-0.39, 0.29) is 16.3 Å². The van der Waals surface area contributed by atoms with Crippen LogP contribution in [0, 0.1) is 6.92 Å². The van der Waals surface area contributed by atoms with Gasteiger partial charge in [-0.2, -0.15) is 8.61 Å². The highest BCUT2D eigenvalue weighted by Gasteiger charge is 2.50. The maximum atomic E-state index is 13.8.